The molecule has 0 saturated heterocycles. The molecule has 0 unspecified atom stereocenters. The summed E-state index contributed by atoms with van der Waals surface area (Å²) >= 11 is 0. The quantitative estimate of drug-likeness (QED) is 0.705. The molecule has 1 aromatic heterocycles. The molecule has 1 amide bonds. The molecular formula is C12H21N5O. The van der Waals surface area contributed by atoms with Crippen LogP contribution in [0.25, 0.3) is 0 Å². The molecule has 0 saturated carbocycles. The Morgan fingerprint density at radius 2 is 2.00 bits per heavy atom. The maximum Gasteiger partial charge on any atom is 0.242 e. The number of anilines is 2. The molecule has 6 nitrogen and oxygen atoms in total. The zero-order valence-corrected chi connectivity index (χ0v) is 11.4. The van der Waals surface area contributed by atoms with Crippen LogP contribution < -0.4 is 16.4 Å². The van der Waals surface area contributed by atoms with Gasteiger partial charge in [0.15, 0.2) is 0 Å². The Morgan fingerprint density at radius 3 is 2.50 bits per heavy atom. The summed E-state index contributed by atoms with van der Waals surface area (Å²) in [5.41, 5.74) is 4.48. The minimum Gasteiger partial charge on any atom is -0.373 e. The van der Waals surface area contributed by atoms with Crippen molar-refractivity contribution in [2.45, 2.75) is 39.2 Å². The van der Waals surface area contributed by atoms with Crippen molar-refractivity contribution >= 4 is 17.5 Å². The summed E-state index contributed by atoms with van der Waals surface area (Å²) in [5, 5.41) is 6.00. The van der Waals surface area contributed by atoms with E-state index in [1.807, 2.05) is 0 Å². The standard InChI is InChI=1S/C12H21N5O/c1-5-6-8-15-9(14-4)7-10(16-8)17-12(2,3)11(13)18/h7H,5-6H2,1-4H3,(H2,13,18)(H2,14,15,16,17). The van der Waals surface area contributed by atoms with Crippen LogP contribution in [0.1, 0.15) is 33.0 Å². The monoisotopic (exact) mass is 251 g/mol. The smallest absolute Gasteiger partial charge is 0.242 e. The minimum absolute atomic E-state index is 0.427. The van der Waals surface area contributed by atoms with Crippen LogP contribution in [0.3, 0.4) is 0 Å². The van der Waals surface area contributed by atoms with Crippen molar-refractivity contribution in [1.29, 1.82) is 0 Å². The van der Waals surface area contributed by atoms with Gasteiger partial charge in [0.25, 0.3) is 0 Å². The Hall–Kier alpha value is -1.85. The summed E-state index contributed by atoms with van der Waals surface area (Å²) < 4.78 is 0. The zero-order valence-electron chi connectivity index (χ0n) is 11.4. The van der Waals surface area contributed by atoms with Gasteiger partial charge in [-0.1, -0.05) is 6.92 Å². The van der Waals surface area contributed by atoms with E-state index in [0.717, 1.165) is 24.5 Å². The fraction of sp³-hybridized carbons (Fsp3) is 0.583. The molecule has 1 heterocycles. The van der Waals surface area contributed by atoms with Crippen molar-refractivity contribution in [3.8, 4) is 0 Å². The molecule has 0 bridgehead atoms. The highest BCUT2D eigenvalue weighted by Crippen LogP contribution is 2.16. The molecular weight excluding hydrogens is 230 g/mol. The van der Waals surface area contributed by atoms with E-state index in [0.29, 0.717) is 5.82 Å². The van der Waals surface area contributed by atoms with E-state index < -0.39 is 11.4 Å². The highest BCUT2D eigenvalue weighted by Gasteiger charge is 2.25. The van der Waals surface area contributed by atoms with Crippen LogP contribution in [-0.2, 0) is 11.2 Å². The van der Waals surface area contributed by atoms with E-state index in [9.17, 15) is 4.79 Å². The summed E-state index contributed by atoms with van der Waals surface area (Å²) in [5.74, 6) is 1.63. The molecule has 0 atom stereocenters. The molecule has 1 aromatic rings. The van der Waals surface area contributed by atoms with Gasteiger partial charge in [0, 0.05) is 19.5 Å². The first-order valence-corrected chi connectivity index (χ1v) is 6.03. The number of hydrogen-bond donors (Lipinski definition) is 3. The number of carbonyl (C=O) groups excluding carboxylic acids is 1. The van der Waals surface area contributed by atoms with Gasteiger partial charge in [0.2, 0.25) is 5.91 Å². The number of primary amides is 1. The molecule has 0 aromatic carbocycles. The number of nitrogens with one attached hydrogen (secondary N) is 2. The average molecular weight is 251 g/mol. The molecule has 18 heavy (non-hydrogen) atoms. The lowest BCUT2D eigenvalue weighted by Crippen LogP contribution is -2.45. The Bertz CT molecular complexity index is 430. The van der Waals surface area contributed by atoms with E-state index in [1.54, 1.807) is 27.0 Å². The first kappa shape index (κ1) is 14.2. The summed E-state index contributed by atoms with van der Waals surface area (Å²) in [6, 6.07) is 1.75. The van der Waals surface area contributed by atoms with Crippen molar-refractivity contribution in [3.05, 3.63) is 11.9 Å². The molecule has 0 aliphatic carbocycles. The van der Waals surface area contributed by atoms with Gasteiger partial charge in [-0.25, -0.2) is 9.97 Å². The second-order valence-electron chi connectivity index (χ2n) is 4.67. The summed E-state index contributed by atoms with van der Waals surface area (Å²) in [6.07, 6.45) is 1.76. The van der Waals surface area contributed by atoms with E-state index in [4.69, 9.17) is 5.73 Å². The molecule has 1 rings (SSSR count). The SMILES string of the molecule is CCCc1nc(NC)cc(NC(C)(C)C(N)=O)n1. The van der Waals surface area contributed by atoms with Gasteiger partial charge < -0.3 is 16.4 Å². The number of carbonyl (C=O) groups is 1. The van der Waals surface area contributed by atoms with Crippen LogP contribution in [0.5, 0.6) is 0 Å². The lowest BCUT2D eigenvalue weighted by Gasteiger charge is -2.23. The lowest BCUT2D eigenvalue weighted by atomic mass is 10.1. The number of amides is 1. The fourth-order valence-corrected chi connectivity index (χ4v) is 1.41. The predicted molar refractivity (Wildman–Crippen MR) is 72.5 cm³/mol. The Morgan fingerprint density at radius 1 is 1.39 bits per heavy atom. The van der Waals surface area contributed by atoms with Crippen molar-refractivity contribution in [2.75, 3.05) is 17.7 Å². The number of nitrogens with two attached hydrogens (primary N) is 1. The van der Waals surface area contributed by atoms with Crippen molar-refractivity contribution in [3.63, 3.8) is 0 Å². The van der Waals surface area contributed by atoms with E-state index in [1.165, 1.54) is 0 Å². The van der Waals surface area contributed by atoms with Crippen LogP contribution in [0.15, 0.2) is 6.07 Å². The van der Waals surface area contributed by atoms with Crippen LogP contribution in [0, 0.1) is 0 Å². The Kier molecular flexibility index (Phi) is 4.47. The van der Waals surface area contributed by atoms with Gasteiger partial charge in [-0.2, -0.15) is 0 Å². The maximum absolute atomic E-state index is 11.3. The second-order valence-corrected chi connectivity index (χ2v) is 4.67. The number of aryl methyl sites for hydroxylation is 1. The largest absolute Gasteiger partial charge is 0.373 e. The molecule has 0 aliphatic rings. The van der Waals surface area contributed by atoms with E-state index >= 15 is 0 Å². The van der Waals surface area contributed by atoms with Gasteiger partial charge >= 0.3 is 0 Å². The molecule has 6 heteroatoms. The molecule has 0 fully saturated rings. The van der Waals surface area contributed by atoms with Gasteiger partial charge in [0.1, 0.15) is 23.0 Å². The predicted octanol–water partition coefficient (Wildman–Crippen LogP) is 1.15. The highest BCUT2D eigenvalue weighted by atomic mass is 16.1. The summed E-state index contributed by atoms with van der Waals surface area (Å²) in [4.78, 5) is 20.0. The van der Waals surface area contributed by atoms with Gasteiger partial charge in [0.05, 0.1) is 0 Å². The Balaban J connectivity index is 3.01. The van der Waals surface area contributed by atoms with Crippen LogP contribution in [0.4, 0.5) is 11.6 Å². The topological polar surface area (TPSA) is 92.9 Å². The number of aromatic nitrogens is 2. The summed E-state index contributed by atoms with van der Waals surface area (Å²) in [7, 11) is 1.79. The third-order valence-electron chi connectivity index (χ3n) is 2.56. The third-order valence-corrected chi connectivity index (χ3v) is 2.56. The normalized spacial score (nSPS) is 11.1. The molecule has 4 N–H and O–H groups in total. The number of hydrogen-bond acceptors (Lipinski definition) is 5. The van der Waals surface area contributed by atoms with E-state index in [-0.39, 0.29) is 0 Å². The van der Waals surface area contributed by atoms with Crippen molar-refractivity contribution < 1.29 is 4.79 Å². The second kappa shape index (κ2) is 5.66. The highest BCUT2D eigenvalue weighted by molar-refractivity contribution is 5.86. The fourth-order valence-electron chi connectivity index (χ4n) is 1.41. The first-order chi connectivity index (χ1) is 8.39. The maximum atomic E-state index is 11.3. The number of nitrogens with zero attached hydrogens (tertiary/aromatic N) is 2. The third kappa shape index (κ3) is 3.58. The van der Waals surface area contributed by atoms with Gasteiger partial charge in [-0.3, -0.25) is 4.79 Å². The molecule has 100 valence electrons. The van der Waals surface area contributed by atoms with Crippen LogP contribution in [0.2, 0.25) is 0 Å². The number of rotatable bonds is 6. The first-order valence-electron chi connectivity index (χ1n) is 6.03. The lowest BCUT2D eigenvalue weighted by molar-refractivity contribution is -0.121. The van der Waals surface area contributed by atoms with Crippen molar-refractivity contribution in [2.24, 2.45) is 5.73 Å². The van der Waals surface area contributed by atoms with Gasteiger partial charge in [-0.15, -0.1) is 0 Å². The van der Waals surface area contributed by atoms with Gasteiger partial charge in [-0.05, 0) is 20.3 Å². The average Bonchev–Trinajstić information content (AvgIpc) is 2.28. The van der Waals surface area contributed by atoms with Crippen LogP contribution >= 0.6 is 0 Å². The minimum atomic E-state index is -0.844. The molecule has 0 aliphatic heterocycles. The molecule has 0 radical (unpaired) electrons. The summed E-state index contributed by atoms with van der Waals surface area (Å²) in [6.45, 7) is 5.50. The van der Waals surface area contributed by atoms with Crippen LogP contribution in [-0.4, -0.2) is 28.5 Å². The Labute approximate surface area is 107 Å². The van der Waals surface area contributed by atoms with E-state index in [2.05, 4.69) is 27.5 Å². The molecule has 0 spiro atoms. The zero-order chi connectivity index (χ0) is 13.8. The van der Waals surface area contributed by atoms with Crippen molar-refractivity contribution in [1.82, 2.24) is 9.97 Å².